The van der Waals surface area contributed by atoms with Crippen LogP contribution in [0.15, 0.2) is 18.2 Å². The van der Waals surface area contributed by atoms with Gasteiger partial charge >= 0.3 is 5.97 Å². The largest absolute Gasteiger partial charge is 0.479 e. The summed E-state index contributed by atoms with van der Waals surface area (Å²) in [7, 11) is 1.77. The molecule has 4 nitrogen and oxygen atoms in total. The number of hydrogen-bond acceptors (Lipinski definition) is 3. The highest BCUT2D eigenvalue weighted by Crippen LogP contribution is 2.22. The molecule has 0 aromatic heterocycles. The van der Waals surface area contributed by atoms with Crippen LogP contribution in [0.4, 0.5) is 0 Å². The van der Waals surface area contributed by atoms with Crippen LogP contribution < -0.4 is 10.1 Å². The summed E-state index contributed by atoms with van der Waals surface area (Å²) in [6.45, 7) is 2.43. The summed E-state index contributed by atoms with van der Waals surface area (Å²) >= 11 is 5.88. The van der Waals surface area contributed by atoms with Gasteiger partial charge in [0.1, 0.15) is 5.75 Å². The van der Waals surface area contributed by atoms with Crippen molar-refractivity contribution in [3.05, 3.63) is 28.8 Å². The number of carboxylic acids is 1. The van der Waals surface area contributed by atoms with Crippen LogP contribution in [0.25, 0.3) is 0 Å². The van der Waals surface area contributed by atoms with Crippen molar-refractivity contribution in [3.8, 4) is 5.75 Å². The number of aryl methyl sites for hydroxylation is 1. The fourth-order valence-corrected chi connectivity index (χ4v) is 1.48. The van der Waals surface area contributed by atoms with Gasteiger partial charge < -0.3 is 15.2 Å². The number of halogens is 1. The maximum atomic E-state index is 11.0. The molecule has 0 saturated heterocycles. The van der Waals surface area contributed by atoms with E-state index in [1.54, 1.807) is 25.2 Å². The molecule has 0 amide bonds. The lowest BCUT2D eigenvalue weighted by molar-refractivity contribution is -0.145. The van der Waals surface area contributed by atoms with Gasteiger partial charge in [0.25, 0.3) is 0 Å². The Hall–Kier alpha value is -1.26. The van der Waals surface area contributed by atoms with E-state index in [2.05, 4.69) is 5.32 Å². The summed E-state index contributed by atoms with van der Waals surface area (Å²) in [4.78, 5) is 11.0. The van der Waals surface area contributed by atoms with Crippen molar-refractivity contribution in [1.82, 2.24) is 5.32 Å². The minimum Gasteiger partial charge on any atom is -0.479 e. The third kappa shape index (κ3) is 4.24. The van der Waals surface area contributed by atoms with Gasteiger partial charge in [-0.25, -0.2) is 4.79 Å². The van der Waals surface area contributed by atoms with Gasteiger partial charge in [0, 0.05) is 11.4 Å². The fraction of sp³-hybridized carbons (Fsp3) is 0.417. The minimum atomic E-state index is -0.965. The van der Waals surface area contributed by atoms with Crippen molar-refractivity contribution in [2.45, 2.75) is 19.4 Å². The van der Waals surface area contributed by atoms with Gasteiger partial charge in [0.05, 0.1) is 0 Å². The molecule has 1 rings (SSSR count). The molecule has 0 radical (unpaired) electrons. The molecule has 0 aliphatic carbocycles. The molecule has 0 aliphatic rings. The minimum absolute atomic E-state index is 0.410. The van der Waals surface area contributed by atoms with Gasteiger partial charge in [-0.05, 0) is 44.3 Å². The molecular weight excluding hydrogens is 242 g/mol. The van der Waals surface area contributed by atoms with Crippen LogP contribution in [0, 0.1) is 6.92 Å². The highest BCUT2D eigenvalue weighted by Gasteiger charge is 2.18. The average Bonchev–Trinajstić information content (AvgIpc) is 2.28. The van der Waals surface area contributed by atoms with E-state index in [9.17, 15) is 4.79 Å². The molecule has 0 bridgehead atoms. The average molecular weight is 258 g/mol. The molecular formula is C12H16ClNO3. The van der Waals surface area contributed by atoms with Crippen molar-refractivity contribution in [2.75, 3.05) is 13.6 Å². The second-order valence-electron chi connectivity index (χ2n) is 3.75. The summed E-state index contributed by atoms with van der Waals surface area (Å²) in [6.07, 6.45) is -0.434. The number of hydrogen-bond donors (Lipinski definition) is 2. The van der Waals surface area contributed by atoms with Crippen LogP contribution in [0.1, 0.15) is 12.0 Å². The van der Waals surface area contributed by atoms with Gasteiger partial charge in [-0.1, -0.05) is 11.6 Å². The molecule has 1 atom stereocenters. The quantitative estimate of drug-likeness (QED) is 0.819. The Labute approximate surface area is 106 Å². The summed E-state index contributed by atoms with van der Waals surface area (Å²) in [5.74, 6) is -0.441. The highest BCUT2D eigenvalue weighted by molar-refractivity contribution is 6.31. The number of carboxylic acid groups (broad SMARTS) is 1. The van der Waals surface area contributed by atoms with E-state index in [-0.39, 0.29) is 0 Å². The zero-order valence-corrected chi connectivity index (χ0v) is 10.6. The maximum Gasteiger partial charge on any atom is 0.344 e. The SMILES string of the molecule is CNCCC(Oc1ccc(Cl)c(C)c1)C(=O)O. The Morgan fingerprint density at radius 2 is 2.29 bits per heavy atom. The third-order valence-corrected chi connectivity index (χ3v) is 2.76. The number of rotatable bonds is 6. The molecule has 2 N–H and O–H groups in total. The van der Waals surface area contributed by atoms with Crippen molar-refractivity contribution in [3.63, 3.8) is 0 Å². The van der Waals surface area contributed by atoms with E-state index in [0.29, 0.717) is 23.7 Å². The van der Waals surface area contributed by atoms with Crippen molar-refractivity contribution < 1.29 is 14.6 Å². The molecule has 1 aromatic rings. The Bertz CT molecular complexity index is 395. The van der Waals surface area contributed by atoms with Gasteiger partial charge in [-0.2, -0.15) is 0 Å². The normalized spacial score (nSPS) is 12.2. The molecule has 0 spiro atoms. The molecule has 0 fully saturated rings. The first-order chi connectivity index (χ1) is 8.04. The Balaban J connectivity index is 2.71. The Morgan fingerprint density at radius 1 is 1.59 bits per heavy atom. The maximum absolute atomic E-state index is 11.0. The van der Waals surface area contributed by atoms with Gasteiger partial charge in [-0.15, -0.1) is 0 Å². The van der Waals surface area contributed by atoms with E-state index in [1.165, 1.54) is 0 Å². The first-order valence-corrected chi connectivity index (χ1v) is 5.72. The van der Waals surface area contributed by atoms with E-state index in [0.717, 1.165) is 5.56 Å². The monoisotopic (exact) mass is 257 g/mol. The predicted molar refractivity (Wildman–Crippen MR) is 66.8 cm³/mol. The topological polar surface area (TPSA) is 58.6 Å². The summed E-state index contributed by atoms with van der Waals surface area (Å²) < 4.78 is 5.42. The first-order valence-electron chi connectivity index (χ1n) is 5.35. The number of carbonyl (C=O) groups is 1. The van der Waals surface area contributed by atoms with Crippen molar-refractivity contribution >= 4 is 17.6 Å². The Kier molecular flexibility index (Phi) is 5.25. The zero-order valence-electron chi connectivity index (χ0n) is 9.87. The summed E-state index contributed by atoms with van der Waals surface area (Å²) in [6, 6.07) is 5.10. The predicted octanol–water partition coefficient (Wildman–Crippen LogP) is 2.09. The van der Waals surface area contributed by atoms with E-state index >= 15 is 0 Å². The lowest BCUT2D eigenvalue weighted by Crippen LogP contribution is -2.30. The van der Waals surface area contributed by atoms with E-state index in [4.69, 9.17) is 21.4 Å². The molecule has 17 heavy (non-hydrogen) atoms. The number of nitrogens with one attached hydrogen (secondary N) is 1. The standard InChI is InChI=1S/C12H16ClNO3/c1-8-7-9(3-4-10(8)13)17-11(12(15)16)5-6-14-2/h3-4,7,11,14H,5-6H2,1-2H3,(H,15,16). The molecule has 1 unspecified atom stereocenters. The lowest BCUT2D eigenvalue weighted by Gasteiger charge is -2.15. The second kappa shape index (κ2) is 6.47. The van der Waals surface area contributed by atoms with E-state index in [1.807, 2.05) is 6.92 Å². The molecule has 0 aliphatic heterocycles. The van der Waals surface area contributed by atoms with Crippen LogP contribution in [0.5, 0.6) is 5.75 Å². The summed E-state index contributed by atoms with van der Waals surface area (Å²) in [5.41, 5.74) is 0.863. The number of benzene rings is 1. The van der Waals surface area contributed by atoms with Gasteiger partial charge in [-0.3, -0.25) is 0 Å². The fourth-order valence-electron chi connectivity index (χ4n) is 1.36. The lowest BCUT2D eigenvalue weighted by atomic mass is 10.2. The van der Waals surface area contributed by atoms with E-state index < -0.39 is 12.1 Å². The molecule has 1 aromatic carbocycles. The molecule has 5 heteroatoms. The highest BCUT2D eigenvalue weighted by atomic mass is 35.5. The molecule has 0 heterocycles. The van der Waals surface area contributed by atoms with Gasteiger partial charge in [0.2, 0.25) is 0 Å². The first kappa shape index (κ1) is 13.8. The van der Waals surface area contributed by atoms with Gasteiger partial charge in [0.15, 0.2) is 6.10 Å². The van der Waals surface area contributed by atoms with Crippen molar-refractivity contribution in [2.24, 2.45) is 0 Å². The van der Waals surface area contributed by atoms with Crippen molar-refractivity contribution in [1.29, 1.82) is 0 Å². The number of ether oxygens (including phenoxy) is 1. The Morgan fingerprint density at radius 3 is 2.82 bits per heavy atom. The zero-order chi connectivity index (χ0) is 12.8. The molecule has 0 saturated carbocycles. The van der Waals surface area contributed by atoms with Crippen LogP contribution >= 0.6 is 11.6 Å². The van der Waals surface area contributed by atoms with Crippen LogP contribution in [-0.2, 0) is 4.79 Å². The van der Waals surface area contributed by atoms with Crippen LogP contribution in [0.3, 0.4) is 0 Å². The third-order valence-electron chi connectivity index (χ3n) is 2.34. The number of aliphatic carboxylic acids is 1. The van der Waals surface area contributed by atoms with Crippen LogP contribution in [-0.4, -0.2) is 30.8 Å². The second-order valence-corrected chi connectivity index (χ2v) is 4.16. The summed E-state index contributed by atoms with van der Waals surface area (Å²) in [5, 5.41) is 12.5. The smallest absolute Gasteiger partial charge is 0.344 e. The van der Waals surface area contributed by atoms with Crippen LogP contribution in [0.2, 0.25) is 5.02 Å². The molecule has 94 valence electrons.